The van der Waals surface area contributed by atoms with Crippen molar-refractivity contribution in [2.45, 2.75) is 20.0 Å². The molecule has 2 aromatic carbocycles. The van der Waals surface area contributed by atoms with Gasteiger partial charge in [0, 0.05) is 43.3 Å². The van der Waals surface area contributed by atoms with Crippen LogP contribution in [0.2, 0.25) is 0 Å². The van der Waals surface area contributed by atoms with Gasteiger partial charge in [-0.25, -0.2) is 0 Å². The van der Waals surface area contributed by atoms with Crippen LogP contribution in [-0.4, -0.2) is 42.0 Å². The molecule has 0 unspecified atom stereocenters. The molecule has 0 saturated heterocycles. The molecule has 3 nitrogen and oxygen atoms in total. The third kappa shape index (κ3) is 4.05. The zero-order valence-electron chi connectivity index (χ0n) is 14.9. The minimum atomic E-state index is 0.964. The third-order valence-corrected chi connectivity index (χ3v) is 4.52. The second-order valence-electron chi connectivity index (χ2n) is 6.81. The molecule has 0 atom stereocenters. The highest BCUT2D eigenvalue weighted by Crippen LogP contribution is 2.23. The minimum absolute atomic E-state index is 0.964. The first-order valence-electron chi connectivity index (χ1n) is 8.60. The van der Waals surface area contributed by atoms with Gasteiger partial charge in [0.2, 0.25) is 0 Å². The highest BCUT2D eigenvalue weighted by molar-refractivity contribution is 5.85. The predicted molar refractivity (Wildman–Crippen MR) is 102 cm³/mol. The summed E-state index contributed by atoms with van der Waals surface area (Å²) in [4.78, 5) is 8.23. The van der Waals surface area contributed by atoms with Gasteiger partial charge in [0.25, 0.3) is 0 Å². The van der Waals surface area contributed by atoms with Crippen LogP contribution in [0.5, 0.6) is 0 Å². The molecule has 1 N–H and O–H groups in total. The second kappa shape index (κ2) is 7.65. The average molecular weight is 321 g/mol. The van der Waals surface area contributed by atoms with Gasteiger partial charge < -0.3 is 9.88 Å². The lowest BCUT2D eigenvalue weighted by Gasteiger charge is -2.24. The molecule has 126 valence electrons. The first-order chi connectivity index (χ1) is 11.6. The van der Waals surface area contributed by atoms with E-state index in [1.807, 2.05) is 0 Å². The first kappa shape index (κ1) is 16.7. The smallest absolute Gasteiger partial charge is 0.0487 e. The summed E-state index contributed by atoms with van der Waals surface area (Å²) in [7, 11) is 4.27. The van der Waals surface area contributed by atoms with Gasteiger partial charge in [-0.3, -0.25) is 4.90 Å². The molecule has 0 fully saturated rings. The molecule has 0 aliphatic carbocycles. The molecule has 3 rings (SSSR count). The number of rotatable bonds is 7. The van der Waals surface area contributed by atoms with Gasteiger partial charge in [-0.15, -0.1) is 0 Å². The minimum Gasteiger partial charge on any atom is -0.361 e. The van der Waals surface area contributed by atoms with Gasteiger partial charge in [-0.2, -0.15) is 0 Å². The number of fused-ring (bicyclic) bond motifs is 1. The number of hydrogen-bond donors (Lipinski definition) is 1. The molecule has 0 spiro atoms. The Kier molecular flexibility index (Phi) is 5.34. The van der Waals surface area contributed by atoms with Crippen molar-refractivity contribution < 1.29 is 0 Å². The summed E-state index contributed by atoms with van der Waals surface area (Å²) >= 11 is 0. The number of benzene rings is 2. The van der Waals surface area contributed by atoms with Gasteiger partial charge in [-0.05, 0) is 37.7 Å². The molecule has 1 aromatic heterocycles. The van der Waals surface area contributed by atoms with E-state index < -0.39 is 0 Å². The molecular weight excluding hydrogens is 294 g/mol. The molecule has 0 bridgehead atoms. The molecule has 3 aromatic rings. The summed E-state index contributed by atoms with van der Waals surface area (Å²) in [6, 6.07) is 17.3. The van der Waals surface area contributed by atoms with Crippen molar-refractivity contribution in [1.29, 1.82) is 0 Å². The van der Waals surface area contributed by atoms with E-state index in [0.717, 1.165) is 26.2 Å². The average Bonchev–Trinajstić information content (AvgIpc) is 2.98. The standard InChI is InChI=1S/C21H27N3/c1-17-8-7-11-20-19(14-22-21(17)20)16-24(13-12-23(2)3)15-18-9-5-4-6-10-18/h4-11,14,22H,12-13,15-16H2,1-3H3. The molecule has 0 amide bonds. The summed E-state index contributed by atoms with van der Waals surface area (Å²) in [5.41, 5.74) is 5.32. The van der Waals surface area contributed by atoms with Crippen LogP contribution >= 0.6 is 0 Å². The van der Waals surface area contributed by atoms with E-state index in [1.165, 1.54) is 27.6 Å². The summed E-state index contributed by atoms with van der Waals surface area (Å²) in [6.07, 6.45) is 2.17. The van der Waals surface area contributed by atoms with Crippen molar-refractivity contribution in [3.05, 3.63) is 71.4 Å². The largest absolute Gasteiger partial charge is 0.361 e. The number of aromatic nitrogens is 1. The van der Waals surface area contributed by atoms with Crippen LogP contribution < -0.4 is 0 Å². The molecule has 0 radical (unpaired) electrons. The lowest BCUT2D eigenvalue weighted by Crippen LogP contribution is -2.31. The maximum atomic E-state index is 3.45. The predicted octanol–water partition coefficient (Wildman–Crippen LogP) is 4.04. The van der Waals surface area contributed by atoms with Crippen LogP contribution in [0.15, 0.2) is 54.7 Å². The Morgan fingerprint density at radius 1 is 0.875 bits per heavy atom. The SMILES string of the molecule is Cc1cccc2c(CN(CCN(C)C)Cc3ccccc3)c[nH]c12. The molecular formula is C21H27N3. The lowest BCUT2D eigenvalue weighted by molar-refractivity contribution is 0.227. The van der Waals surface area contributed by atoms with Crippen molar-refractivity contribution in [2.75, 3.05) is 27.2 Å². The van der Waals surface area contributed by atoms with Gasteiger partial charge in [0.15, 0.2) is 0 Å². The highest BCUT2D eigenvalue weighted by Gasteiger charge is 2.11. The molecule has 24 heavy (non-hydrogen) atoms. The Morgan fingerprint density at radius 3 is 2.42 bits per heavy atom. The Bertz CT molecular complexity index is 774. The fourth-order valence-electron chi connectivity index (χ4n) is 3.13. The number of hydrogen-bond acceptors (Lipinski definition) is 2. The lowest BCUT2D eigenvalue weighted by atomic mass is 10.1. The van der Waals surface area contributed by atoms with Crippen molar-refractivity contribution >= 4 is 10.9 Å². The van der Waals surface area contributed by atoms with Gasteiger partial charge >= 0.3 is 0 Å². The fourth-order valence-corrected chi connectivity index (χ4v) is 3.13. The topological polar surface area (TPSA) is 22.3 Å². The van der Waals surface area contributed by atoms with Crippen molar-refractivity contribution in [3.8, 4) is 0 Å². The van der Waals surface area contributed by atoms with Gasteiger partial charge in [-0.1, -0.05) is 48.5 Å². The van der Waals surface area contributed by atoms with E-state index in [2.05, 4.69) is 90.5 Å². The molecule has 0 saturated carbocycles. The van der Waals surface area contributed by atoms with Crippen LogP contribution in [0.4, 0.5) is 0 Å². The van der Waals surface area contributed by atoms with E-state index in [4.69, 9.17) is 0 Å². The third-order valence-electron chi connectivity index (χ3n) is 4.52. The van der Waals surface area contributed by atoms with Crippen LogP contribution in [0.25, 0.3) is 10.9 Å². The summed E-state index contributed by atoms with van der Waals surface area (Å²) in [5, 5.41) is 1.35. The van der Waals surface area contributed by atoms with Gasteiger partial charge in [0.1, 0.15) is 0 Å². The number of likely N-dealkylation sites (N-methyl/N-ethyl adjacent to an activating group) is 1. The molecule has 0 aliphatic rings. The Hall–Kier alpha value is -2.10. The van der Waals surface area contributed by atoms with E-state index in [9.17, 15) is 0 Å². The summed E-state index contributed by atoms with van der Waals surface area (Å²) in [6.45, 7) is 6.23. The fraction of sp³-hybridized carbons (Fsp3) is 0.333. The van der Waals surface area contributed by atoms with E-state index in [-0.39, 0.29) is 0 Å². The Labute approximate surface area is 144 Å². The number of H-pyrrole nitrogens is 1. The normalized spacial score (nSPS) is 11.7. The van der Waals surface area contributed by atoms with Crippen LogP contribution in [0.3, 0.4) is 0 Å². The maximum absolute atomic E-state index is 3.45. The molecule has 3 heteroatoms. The van der Waals surface area contributed by atoms with Crippen LogP contribution in [0, 0.1) is 6.92 Å². The number of aryl methyl sites for hydroxylation is 1. The number of para-hydroxylation sites is 1. The quantitative estimate of drug-likeness (QED) is 0.709. The van der Waals surface area contributed by atoms with Crippen molar-refractivity contribution in [2.24, 2.45) is 0 Å². The van der Waals surface area contributed by atoms with Crippen molar-refractivity contribution in [3.63, 3.8) is 0 Å². The molecule has 0 aliphatic heterocycles. The van der Waals surface area contributed by atoms with Crippen LogP contribution in [0.1, 0.15) is 16.7 Å². The van der Waals surface area contributed by atoms with E-state index in [0.29, 0.717) is 0 Å². The number of nitrogens with zero attached hydrogens (tertiary/aromatic N) is 2. The van der Waals surface area contributed by atoms with E-state index >= 15 is 0 Å². The van der Waals surface area contributed by atoms with E-state index in [1.54, 1.807) is 0 Å². The number of nitrogens with one attached hydrogen (secondary N) is 1. The Balaban J connectivity index is 1.80. The highest BCUT2D eigenvalue weighted by atomic mass is 15.2. The van der Waals surface area contributed by atoms with Crippen molar-refractivity contribution in [1.82, 2.24) is 14.8 Å². The number of aromatic amines is 1. The van der Waals surface area contributed by atoms with Crippen LogP contribution in [-0.2, 0) is 13.1 Å². The summed E-state index contributed by atoms with van der Waals surface area (Å²) in [5.74, 6) is 0. The Morgan fingerprint density at radius 2 is 1.67 bits per heavy atom. The summed E-state index contributed by atoms with van der Waals surface area (Å²) < 4.78 is 0. The second-order valence-corrected chi connectivity index (χ2v) is 6.81. The monoisotopic (exact) mass is 321 g/mol. The zero-order valence-corrected chi connectivity index (χ0v) is 14.9. The maximum Gasteiger partial charge on any atom is 0.0487 e. The molecule has 1 heterocycles. The zero-order chi connectivity index (χ0) is 16.9. The first-order valence-corrected chi connectivity index (χ1v) is 8.60. The van der Waals surface area contributed by atoms with Gasteiger partial charge in [0.05, 0.1) is 0 Å².